The summed E-state index contributed by atoms with van der Waals surface area (Å²) < 4.78 is 6.73. The largest absolute Gasteiger partial charge is 0.378 e. The van der Waals surface area contributed by atoms with E-state index < -0.39 is 0 Å². The van der Waals surface area contributed by atoms with Crippen molar-refractivity contribution in [1.82, 2.24) is 4.90 Å². The number of nitrogens with zero attached hydrogens (tertiary/aromatic N) is 1. The van der Waals surface area contributed by atoms with E-state index in [-0.39, 0.29) is 5.41 Å². The summed E-state index contributed by atoms with van der Waals surface area (Å²) in [5.41, 5.74) is 0.932. The van der Waals surface area contributed by atoms with E-state index in [2.05, 4.69) is 28.1 Å². The van der Waals surface area contributed by atoms with Crippen LogP contribution in [0, 0.1) is 0 Å². The summed E-state index contributed by atoms with van der Waals surface area (Å²) in [5.74, 6) is 0.319. The zero-order valence-corrected chi connectivity index (χ0v) is 14.1. The average molecular weight is 352 g/mol. The maximum Gasteiger partial charge on any atom is 0.233 e. The fourth-order valence-electron chi connectivity index (χ4n) is 3.28. The summed E-state index contributed by atoms with van der Waals surface area (Å²) in [7, 11) is 0. The Morgan fingerprint density at radius 3 is 2.43 bits per heavy atom. The highest BCUT2D eigenvalue weighted by Gasteiger charge is 2.53. The van der Waals surface area contributed by atoms with E-state index in [4.69, 9.17) is 4.74 Å². The third kappa shape index (κ3) is 3.02. The first-order valence-corrected chi connectivity index (χ1v) is 8.62. The Balaban J connectivity index is 1.67. The van der Waals surface area contributed by atoms with Gasteiger partial charge in [0.15, 0.2) is 0 Å². The first-order valence-electron chi connectivity index (χ1n) is 7.83. The van der Waals surface area contributed by atoms with Crippen molar-refractivity contribution in [3.05, 3.63) is 34.3 Å². The van der Waals surface area contributed by atoms with Crippen LogP contribution in [-0.2, 0) is 14.9 Å². The zero-order valence-electron chi connectivity index (χ0n) is 12.5. The first kappa shape index (κ1) is 15.0. The van der Waals surface area contributed by atoms with Gasteiger partial charge in [0.25, 0.3) is 0 Å². The van der Waals surface area contributed by atoms with E-state index >= 15 is 0 Å². The predicted molar refractivity (Wildman–Crippen MR) is 86.3 cm³/mol. The molecule has 2 aliphatic rings. The molecule has 0 unspecified atom stereocenters. The lowest BCUT2D eigenvalue weighted by atomic mass is 9.93. The van der Waals surface area contributed by atoms with Gasteiger partial charge >= 0.3 is 0 Å². The molecular weight excluding hydrogens is 330 g/mol. The molecule has 1 aromatic carbocycles. The van der Waals surface area contributed by atoms with Crippen molar-refractivity contribution in [2.75, 3.05) is 19.7 Å². The van der Waals surface area contributed by atoms with Crippen molar-refractivity contribution in [3.8, 4) is 0 Å². The minimum atomic E-state index is -0.237. The van der Waals surface area contributed by atoms with E-state index in [1.807, 2.05) is 24.0 Å². The quantitative estimate of drug-likeness (QED) is 0.830. The van der Waals surface area contributed by atoms with Crippen molar-refractivity contribution in [2.45, 2.75) is 44.1 Å². The molecule has 3 nitrogen and oxygen atoms in total. The molecule has 0 atom stereocenters. The minimum absolute atomic E-state index is 0.237. The van der Waals surface area contributed by atoms with Crippen molar-refractivity contribution < 1.29 is 9.53 Å². The second-order valence-corrected chi connectivity index (χ2v) is 6.95. The van der Waals surface area contributed by atoms with E-state index in [0.717, 1.165) is 49.9 Å². The third-order valence-corrected chi connectivity index (χ3v) is 5.22. The summed E-state index contributed by atoms with van der Waals surface area (Å²) in [6.07, 6.45) is 4.24. The summed E-state index contributed by atoms with van der Waals surface area (Å²) >= 11 is 3.46. The average Bonchev–Trinajstić information content (AvgIpc) is 3.30. The molecule has 114 valence electrons. The number of rotatable bonds is 4. The molecule has 0 spiro atoms. The van der Waals surface area contributed by atoms with Crippen LogP contribution in [0.3, 0.4) is 0 Å². The van der Waals surface area contributed by atoms with Gasteiger partial charge in [-0.25, -0.2) is 0 Å². The number of likely N-dealkylation sites (tertiary alicyclic amines) is 1. The molecule has 1 heterocycles. The molecule has 4 heteroatoms. The van der Waals surface area contributed by atoms with E-state index in [0.29, 0.717) is 12.0 Å². The number of amides is 1. The summed E-state index contributed by atoms with van der Waals surface area (Å²) in [6.45, 7) is 4.47. The smallest absolute Gasteiger partial charge is 0.233 e. The Hall–Kier alpha value is -0.870. The zero-order chi connectivity index (χ0) is 14.9. The summed E-state index contributed by atoms with van der Waals surface area (Å²) in [6, 6.07) is 8.23. The monoisotopic (exact) mass is 351 g/mol. The van der Waals surface area contributed by atoms with E-state index in [1.165, 1.54) is 5.56 Å². The normalized spacial score (nSPS) is 21.3. The molecule has 1 saturated carbocycles. The van der Waals surface area contributed by atoms with Crippen LogP contribution in [-0.4, -0.2) is 36.6 Å². The topological polar surface area (TPSA) is 29.5 Å². The second-order valence-electron chi connectivity index (χ2n) is 6.04. The fourth-order valence-corrected chi connectivity index (χ4v) is 3.55. The molecule has 1 aromatic rings. The van der Waals surface area contributed by atoms with Gasteiger partial charge in [-0.3, -0.25) is 4.79 Å². The van der Waals surface area contributed by atoms with Gasteiger partial charge in [-0.2, -0.15) is 0 Å². The Morgan fingerprint density at radius 1 is 1.29 bits per heavy atom. The van der Waals surface area contributed by atoms with Gasteiger partial charge in [0.05, 0.1) is 11.5 Å². The standard InChI is InChI=1S/C17H22BrNO2/c1-2-21-15-7-11-19(12-8-15)16(20)17(9-10-17)13-3-5-14(18)6-4-13/h3-6,15H,2,7-12H2,1H3. The highest BCUT2D eigenvalue weighted by molar-refractivity contribution is 9.10. The molecule has 0 N–H and O–H groups in total. The molecule has 0 aromatic heterocycles. The van der Waals surface area contributed by atoms with Crippen LogP contribution in [0.15, 0.2) is 28.7 Å². The predicted octanol–water partition coefficient (Wildman–Crippen LogP) is 3.51. The van der Waals surface area contributed by atoms with Crippen molar-refractivity contribution in [2.24, 2.45) is 0 Å². The molecule has 3 rings (SSSR count). The number of hydrogen-bond donors (Lipinski definition) is 0. The number of piperidine rings is 1. The molecule has 0 radical (unpaired) electrons. The molecule has 1 amide bonds. The number of carbonyl (C=O) groups is 1. The SMILES string of the molecule is CCOC1CCN(C(=O)C2(c3ccc(Br)cc3)CC2)CC1. The van der Waals surface area contributed by atoms with Gasteiger partial charge in [0.2, 0.25) is 5.91 Å². The number of carbonyl (C=O) groups excluding carboxylic acids is 1. The van der Waals surface area contributed by atoms with Crippen LogP contribution in [0.4, 0.5) is 0 Å². The molecular formula is C17H22BrNO2. The van der Waals surface area contributed by atoms with Crippen LogP contribution in [0.1, 0.15) is 38.2 Å². The van der Waals surface area contributed by atoms with Gasteiger partial charge in [-0.15, -0.1) is 0 Å². The summed E-state index contributed by atoms with van der Waals surface area (Å²) in [4.78, 5) is 15.0. The lowest BCUT2D eigenvalue weighted by Gasteiger charge is -2.34. The van der Waals surface area contributed by atoms with Crippen LogP contribution in [0.25, 0.3) is 0 Å². The Labute approximate surface area is 134 Å². The van der Waals surface area contributed by atoms with Gasteiger partial charge < -0.3 is 9.64 Å². The van der Waals surface area contributed by atoms with Crippen LogP contribution < -0.4 is 0 Å². The van der Waals surface area contributed by atoms with Crippen LogP contribution >= 0.6 is 15.9 Å². The molecule has 2 fully saturated rings. The number of hydrogen-bond acceptors (Lipinski definition) is 2. The first-order chi connectivity index (χ1) is 10.2. The van der Waals surface area contributed by atoms with Crippen LogP contribution in [0.2, 0.25) is 0 Å². The molecule has 1 saturated heterocycles. The Morgan fingerprint density at radius 2 is 1.90 bits per heavy atom. The highest BCUT2D eigenvalue weighted by Crippen LogP contribution is 2.50. The van der Waals surface area contributed by atoms with E-state index in [1.54, 1.807) is 0 Å². The van der Waals surface area contributed by atoms with Gasteiger partial charge in [0.1, 0.15) is 0 Å². The number of halogens is 1. The molecule has 1 aliphatic heterocycles. The van der Waals surface area contributed by atoms with Gasteiger partial charge in [0, 0.05) is 24.2 Å². The number of ether oxygens (including phenoxy) is 1. The maximum atomic E-state index is 12.9. The van der Waals surface area contributed by atoms with Gasteiger partial charge in [-0.05, 0) is 50.3 Å². The summed E-state index contributed by atoms with van der Waals surface area (Å²) in [5, 5.41) is 0. The lowest BCUT2D eigenvalue weighted by Crippen LogP contribution is -2.45. The molecule has 0 bridgehead atoms. The Bertz CT molecular complexity index is 502. The van der Waals surface area contributed by atoms with Gasteiger partial charge in [-0.1, -0.05) is 28.1 Å². The second kappa shape index (κ2) is 6.09. The maximum absolute atomic E-state index is 12.9. The van der Waals surface area contributed by atoms with Crippen molar-refractivity contribution >= 4 is 21.8 Å². The molecule has 1 aliphatic carbocycles. The third-order valence-electron chi connectivity index (χ3n) is 4.69. The minimum Gasteiger partial charge on any atom is -0.378 e. The fraction of sp³-hybridized carbons (Fsp3) is 0.588. The van der Waals surface area contributed by atoms with Crippen LogP contribution in [0.5, 0.6) is 0 Å². The lowest BCUT2D eigenvalue weighted by molar-refractivity contribution is -0.136. The molecule has 21 heavy (non-hydrogen) atoms. The number of benzene rings is 1. The van der Waals surface area contributed by atoms with E-state index in [9.17, 15) is 4.79 Å². The Kier molecular flexibility index (Phi) is 4.36. The van der Waals surface area contributed by atoms with Crippen molar-refractivity contribution in [1.29, 1.82) is 0 Å². The van der Waals surface area contributed by atoms with Crippen molar-refractivity contribution in [3.63, 3.8) is 0 Å². The highest BCUT2D eigenvalue weighted by atomic mass is 79.9.